The van der Waals surface area contributed by atoms with Crippen LogP contribution in [0.25, 0.3) is 10.9 Å². The fraction of sp³-hybridized carbons (Fsp3) is 0.360. The van der Waals surface area contributed by atoms with E-state index in [2.05, 4.69) is 57.8 Å². The largest absolute Gasteiger partial charge is 0.322 e. The minimum atomic E-state index is -0.0256. The standard InChI is InChI=1S/C25H28N6O/c1-18-11-12-23-20(13-18)14-21(25(32)26-23)16-30(15-19-7-3-2-4-8-19)17-24-27-28-29-31(24)22-9-5-6-10-22/h2-4,7-8,11-14,22H,5-6,9-10,15-17H2,1H3,(H,26,32)/p+1. The van der Waals surface area contributed by atoms with Crippen molar-refractivity contribution in [3.8, 4) is 0 Å². The Bertz CT molecular complexity index is 1260. The number of nitrogens with one attached hydrogen (secondary N) is 2. The van der Waals surface area contributed by atoms with Crippen molar-refractivity contribution < 1.29 is 4.90 Å². The summed E-state index contributed by atoms with van der Waals surface area (Å²) in [6.45, 7) is 4.14. The van der Waals surface area contributed by atoms with Crippen LogP contribution in [0.3, 0.4) is 0 Å². The predicted octanol–water partition coefficient (Wildman–Crippen LogP) is 2.72. The van der Waals surface area contributed by atoms with Gasteiger partial charge in [-0.25, -0.2) is 4.68 Å². The van der Waals surface area contributed by atoms with Crippen LogP contribution in [0.4, 0.5) is 0 Å². The van der Waals surface area contributed by atoms with E-state index in [0.29, 0.717) is 19.1 Å². The first-order valence-electron chi connectivity index (χ1n) is 11.4. The average molecular weight is 430 g/mol. The number of aromatic amines is 1. The van der Waals surface area contributed by atoms with E-state index in [1.807, 2.05) is 28.9 Å². The van der Waals surface area contributed by atoms with Crippen molar-refractivity contribution >= 4 is 10.9 Å². The minimum Gasteiger partial charge on any atom is -0.322 e. The highest BCUT2D eigenvalue weighted by Crippen LogP contribution is 2.28. The molecular weight excluding hydrogens is 400 g/mol. The summed E-state index contributed by atoms with van der Waals surface area (Å²) < 4.78 is 2.02. The van der Waals surface area contributed by atoms with E-state index in [1.165, 1.54) is 28.9 Å². The molecule has 4 aromatic rings. The van der Waals surface area contributed by atoms with Gasteiger partial charge in [-0.3, -0.25) is 4.79 Å². The second kappa shape index (κ2) is 9.04. The number of aryl methyl sites for hydroxylation is 1. The number of benzene rings is 2. The van der Waals surface area contributed by atoms with Crippen molar-refractivity contribution in [2.75, 3.05) is 0 Å². The number of H-pyrrole nitrogens is 1. The number of hydrogen-bond acceptors (Lipinski definition) is 4. The minimum absolute atomic E-state index is 0.0256. The number of pyridine rings is 1. The molecule has 0 aliphatic heterocycles. The third-order valence-electron chi connectivity index (χ3n) is 6.45. The SMILES string of the molecule is Cc1ccc2[nH]c(=O)c(C[NH+](Cc3ccccc3)Cc3nnnn3C3CCCC3)cc2c1. The molecule has 0 amide bonds. The van der Waals surface area contributed by atoms with Crippen molar-refractivity contribution in [3.63, 3.8) is 0 Å². The predicted molar refractivity (Wildman–Crippen MR) is 123 cm³/mol. The molecule has 32 heavy (non-hydrogen) atoms. The van der Waals surface area contributed by atoms with Crippen molar-refractivity contribution in [3.05, 3.63) is 87.5 Å². The molecule has 1 atom stereocenters. The molecule has 1 fully saturated rings. The summed E-state index contributed by atoms with van der Waals surface area (Å²) in [6.07, 6.45) is 4.73. The second-order valence-electron chi connectivity index (χ2n) is 8.96. The average Bonchev–Trinajstić information content (AvgIpc) is 3.47. The first-order chi connectivity index (χ1) is 15.7. The summed E-state index contributed by atoms with van der Waals surface area (Å²) in [5.41, 5.74) is 4.05. The van der Waals surface area contributed by atoms with Crippen LogP contribution in [0.5, 0.6) is 0 Å². The molecule has 1 unspecified atom stereocenters. The van der Waals surface area contributed by atoms with Crippen molar-refractivity contribution in [2.45, 2.75) is 58.3 Å². The van der Waals surface area contributed by atoms with Gasteiger partial charge in [0.1, 0.15) is 19.6 Å². The second-order valence-corrected chi connectivity index (χ2v) is 8.96. The number of fused-ring (bicyclic) bond motifs is 1. The Kier molecular flexibility index (Phi) is 5.81. The van der Waals surface area contributed by atoms with E-state index < -0.39 is 0 Å². The van der Waals surface area contributed by atoms with Gasteiger partial charge in [-0.1, -0.05) is 54.8 Å². The number of nitrogens with zero attached hydrogens (tertiary/aromatic N) is 4. The fourth-order valence-electron chi connectivity index (χ4n) is 4.83. The van der Waals surface area contributed by atoms with E-state index >= 15 is 0 Å². The Morgan fingerprint density at radius 1 is 1.03 bits per heavy atom. The lowest BCUT2D eigenvalue weighted by Crippen LogP contribution is -3.08. The molecule has 5 rings (SSSR count). The zero-order valence-electron chi connectivity index (χ0n) is 18.4. The molecule has 164 valence electrons. The van der Waals surface area contributed by atoms with Gasteiger partial charge in [-0.15, -0.1) is 5.10 Å². The van der Waals surface area contributed by atoms with Crippen LogP contribution >= 0.6 is 0 Å². The summed E-state index contributed by atoms with van der Waals surface area (Å²) in [5, 5.41) is 13.7. The maximum absolute atomic E-state index is 12.9. The monoisotopic (exact) mass is 429 g/mol. The van der Waals surface area contributed by atoms with Gasteiger partial charge in [0, 0.05) is 11.1 Å². The molecule has 2 aromatic carbocycles. The van der Waals surface area contributed by atoms with Crippen LogP contribution in [0, 0.1) is 6.92 Å². The molecule has 2 heterocycles. The first-order valence-corrected chi connectivity index (χ1v) is 11.4. The Hall–Kier alpha value is -3.32. The number of tetrazole rings is 1. The normalized spacial score (nSPS) is 15.4. The molecule has 0 spiro atoms. The third-order valence-corrected chi connectivity index (χ3v) is 6.45. The van der Waals surface area contributed by atoms with E-state index in [-0.39, 0.29) is 5.56 Å². The molecule has 2 N–H and O–H groups in total. The third kappa shape index (κ3) is 4.48. The van der Waals surface area contributed by atoms with Crippen LogP contribution in [0.1, 0.15) is 54.2 Å². The summed E-state index contributed by atoms with van der Waals surface area (Å²) in [7, 11) is 0. The van der Waals surface area contributed by atoms with Gasteiger partial charge in [-0.05, 0) is 53.8 Å². The summed E-state index contributed by atoms with van der Waals surface area (Å²) in [5.74, 6) is 0.899. The number of quaternary nitrogens is 1. The maximum atomic E-state index is 12.9. The van der Waals surface area contributed by atoms with Gasteiger partial charge in [-0.2, -0.15) is 0 Å². The van der Waals surface area contributed by atoms with E-state index in [9.17, 15) is 4.79 Å². The van der Waals surface area contributed by atoms with E-state index in [0.717, 1.165) is 41.7 Å². The van der Waals surface area contributed by atoms with Gasteiger partial charge in [0.15, 0.2) is 0 Å². The zero-order valence-corrected chi connectivity index (χ0v) is 18.4. The van der Waals surface area contributed by atoms with Gasteiger partial charge in [0.05, 0.1) is 11.6 Å². The van der Waals surface area contributed by atoms with Crippen LogP contribution in [-0.2, 0) is 19.6 Å². The molecule has 7 heteroatoms. The van der Waals surface area contributed by atoms with Gasteiger partial charge < -0.3 is 9.88 Å². The van der Waals surface area contributed by atoms with Crippen LogP contribution in [0.15, 0.2) is 59.4 Å². The van der Waals surface area contributed by atoms with Crippen molar-refractivity contribution in [2.24, 2.45) is 0 Å². The van der Waals surface area contributed by atoms with Gasteiger partial charge in [0.25, 0.3) is 5.56 Å². The zero-order chi connectivity index (χ0) is 21.9. The highest BCUT2D eigenvalue weighted by Gasteiger charge is 2.24. The lowest BCUT2D eigenvalue weighted by atomic mass is 10.1. The van der Waals surface area contributed by atoms with Gasteiger partial charge in [0.2, 0.25) is 5.82 Å². The molecule has 7 nitrogen and oxygen atoms in total. The topological polar surface area (TPSA) is 80.9 Å². The van der Waals surface area contributed by atoms with Crippen LogP contribution < -0.4 is 10.5 Å². The molecule has 1 aliphatic rings. The fourth-order valence-corrected chi connectivity index (χ4v) is 4.83. The van der Waals surface area contributed by atoms with Crippen LogP contribution in [0.2, 0.25) is 0 Å². The van der Waals surface area contributed by atoms with Crippen molar-refractivity contribution in [1.29, 1.82) is 0 Å². The molecule has 0 saturated heterocycles. The number of rotatable bonds is 7. The molecule has 1 aliphatic carbocycles. The highest BCUT2D eigenvalue weighted by atomic mass is 16.1. The smallest absolute Gasteiger partial charge is 0.257 e. The lowest BCUT2D eigenvalue weighted by molar-refractivity contribution is -0.942. The highest BCUT2D eigenvalue weighted by molar-refractivity contribution is 5.79. The van der Waals surface area contributed by atoms with E-state index in [4.69, 9.17) is 0 Å². The molecular formula is C25H29N6O+. The van der Waals surface area contributed by atoms with Gasteiger partial charge >= 0.3 is 0 Å². The molecule has 0 bridgehead atoms. The Morgan fingerprint density at radius 3 is 2.66 bits per heavy atom. The lowest BCUT2D eigenvalue weighted by Gasteiger charge is -2.20. The Balaban J connectivity index is 1.45. The molecule has 1 saturated carbocycles. The van der Waals surface area contributed by atoms with Crippen molar-refractivity contribution in [1.82, 2.24) is 25.2 Å². The molecule has 2 aromatic heterocycles. The summed E-state index contributed by atoms with van der Waals surface area (Å²) in [4.78, 5) is 17.2. The van der Waals surface area contributed by atoms with E-state index in [1.54, 1.807) is 0 Å². The first kappa shape index (κ1) is 20.6. The Morgan fingerprint density at radius 2 is 1.84 bits per heavy atom. The summed E-state index contributed by atoms with van der Waals surface area (Å²) >= 11 is 0. The number of aromatic nitrogens is 5. The maximum Gasteiger partial charge on any atom is 0.257 e. The Labute approximate surface area is 187 Å². The number of hydrogen-bond donors (Lipinski definition) is 2. The quantitative estimate of drug-likeness (QED) is 0.473. The van der Waals surface area contributed by atoms with Crippen LogP contribution in [-0.4, -0.2) is 25.2 Å². The molecule has 0 radical (unpaired) electrons. The summed E-state index contributed by atoms with van der Waals surface area (Å²) in [6, 6.07) is 18.9.